The smallest absolute Gasteiger partial charge is 0.239 e. The number of carbonyl (C=O) groups excluding carboxylic acids is 2. The number of aromatic nitrogens is 1. The zero-order valence-corrected chi connectivity index (χ0v) is 8.53. The second kappa shape index (κ2) is 4.75. The zero-order chi connectivity index (χ0) is 11.4. The van der Waals surface area contributed by atoms with Crippen LogP contribution in [-0.2, 0) is 16.1 Å². The molecule has 16 heavy (non-hydrogen) atoms. The Morgan fingerprint density at radius 3 is 3.19 bits per heavy atom. The topological polar surface area (TPSA) is 96.3 Å². The molecular weight excluding hydrogens is 212 g/mol. The van der Waals surface area contributed by atoms with E-state index in [2.05, 4.69) is 21.1 Å². The first-order chi connectivity index (χ1) is 7.75. The van der Waals surface area contributed by atoms with Crippen LogP contribution >= 0.6 is 0 Å². The third kappa shape index (κ3) is 2.57. The Balaban J connectivity index is 1.77. The summed E-state index contributed by atoms with van der Waals surface area (Å²) in [4.78, 5) is 22.5. The average molecular weight is 224 g/mol. The van der Waals surface area contributed by atoms with Crippen LogP contribution < -0.4 is 16.0 Å². The van der Waals surface area contributed by atoms with Gasteiger partial charge in [-0.25, -0.2) is 0 Å². The van der Waals surface area contributed by atoms with Crippen LogP contribution in [0.2, 0.25) is 0 Å². The molecule has 0 bridgehead atoms. The molecule has 1 fully saturated rings. The van der Waals surface area contributed by atoms with Gasteiger partial charge in [-0.05, 0) is 0 Å². The SMILES string of the molecule is O=C1CNC(C(=O)NCc2ccno2)CN1. The van der Waals surface area contributed by atoms with E-state index in [1.54, 1.807) is 6.07 Å². The second-order valence-corrected chi connectivity index (χ2v) is 3.43. The third-order valence-electron chi connectivity index (χ3n) is 2.26. The molecule has 0 aliphatic carbocycles. The Morgan fingerprint density at radius 1 is 1.69 bits per heavy atom. The second-order valence-electron chi connectivity index (χ2n) is 3.43. The molecule has 1 unspecified atom stereocenters. The van der Waals surface area contributed by atoms with E-state index in [9.17, 15) is 9.59 Å². The molecule has 1 saturated heterocycles. The number of hydrogen-bond donors (Lipinski definition) is 3. The van der Waals surface area contributed by atoms with Gasteiger partial charge in [0.2, 0.25) is 11.8 Å². The summed E-state index contributed by atoms with van der Waals surface area (Å²) in [7, 11) is 0. The Morgan fingerprint density at radius 2 is 2.56 bits per heavy atom. The van der Waals surface area contributed by atoms with Gasteiger partial charge in [0.15, 0.2) is 5.76 Å². The molecule has 3 N–H and O–H groups in total. The Kier molecular flexibility index (Phi) is 3.16. The van der Waals surface area contributed by atoms with E-state index in [0.717, 1.165) is 0 Å². The number of rotatable bonds is 3. The van der Waals surface area contributed by atoms with E-state index in [1.165, 1.54) is 6.20 Å². The van der Waals surface area contributed by atoms with Crippen LogP contribution in [0.5, 0.6) is 0 Å². The quantitative estimate of drug-likeness (QED) is 0.573. The minimum absolute atomic E-state index is 0.0979. The van der Waals surface area contributed by atoms with E-state index < -0.39 is 0 Å². The van der Waals surface area contributed by atoms with Gasteiger partial charge in [0.1, 0.15) is 6.04 Å². The van der Waals surface area contributed by atoms with Crippen LogP contribution in [0.15, 0.2) is 16.8 Å². The van der Waals surface area contributed by atoms with Crippen molar-refractivity contribution >= 4 is 11.8 Å². The van der Waals surface area contributed by atoms with E-state index in [1.807, 2.05) is 0 Å². The Bertz CT molecular complexity index is 366. The van der Waals surface area contributed by atoms with Gasteiger partial charge < -0.3 is 15.2 Å². The Labute approximate surface area is 91.6 Å². The van der Waals surface area contributed by atoms with Crippen LogP contribution in [-0.4, -0.2) is 36.1 Å². The molecule has 1 aromatic rings. The van der Waals surface area contributed by atoms with Crippen LogP contribution in [0.3, 0.4) is 0 Å². The van der Waals surface area contributed by atoms with Crippen LogP contribution in [0, 0.1) is 0 Å². The Hall–Kier alpha value is -1.89. The largest absolute Gasteiger partial charge is 0.360 e. The molecule has 2 rings (SSSR count). The highest BCUT2D eigenvalue weighted by molar-refractivity contribution is 5.86. The molecule has 1 aromatic heterocycles. The summed E-state index contributed by atoms with van der Waals surface area (Å²) >= 11 is 0. The third-order valence-corrected chi connectivity index (χ3v) is 2.26. The minimum Gasteiger partial charge on any atom is -0.360 e. The highest BCUT2D eigenvalue weighted by Gasteiger charge is 2.23. The average Bonchev–Trinajstić information content (AvgIpc) is 2.80. The molecule has 0 radical (unpaired) electrons. The maximum absolute atomic E-state index is 11.6. The standard InChI is InChI=1S/C9H12N4O3/c14-8-5-10-7(4-11-8)9(15)12-3-6-1-2-13-16-6/h1-2,7,10H,3-5H2,(H,11,14)(H,12,15). The predicted molar refractivity (Wildman–Crippen MR) is 53.2 cm³/mol. The summed E-state index contributed by atoms with van der Waals surface area (Å²) in [5, 5.41) is 11.6. The molecule has 2 amide bonds. The van der Waals surface area contributed by atoms with Crippen molar-refractivity contribution in [2.75, 3.05) is 13.1 Å². The van der Waals surface area contributed by atoms with Gasteiger partial charge in [-0.2, -0.15) is 0 Å². The number of amides is 2. The summed E-state index contributed by atoms with van der Waals surface area (Å²) in [6, 6.07) is 1.29. The van der Waals surface area contributed by atoms with E-state index >= 15 is 0 Å². The van der Waals surface area contributed by atoms with E-state index in [4.69, 9.17) is 4.52 Å². The molecule has 86 valence electrons. The highest BCUT2D eigenvalue weighted by atomic mass is 16.5. The van der Waals surface area contributed by atoms with Crippen LogP contribution in [0.25, 0.3) is 0 Å². The lowest BCUT2D eigenvalue weighted by Crippen LogP contribution is -2.57. The zero-order valence-electron chi connectivity index (χ0n) is 8.53. The van der Waals surface area contributed by atoms with Gasteiger partial charge in [0.05, 0.1) is 19.3 Å². The number of nitrogens with one attached hydrogen (secondary N) is 3. The fourth-order valence-electron chi connectivity index (χ4n) is 1.38. The molecular formula is C9H12N4O3. The summed E-state index contributed by atoms with van der Waals surface area (Å²) < 4.78 is 4.83. The number of nitrogens with zero attached hydrogens (tertiary/aromatic N) is 1. The first-order valence-corrected chi connectivity index (χ1v) is 4.93. The van der Waals surface area contributed by atoms with Crippen molar-refractivity contribution < 1.29 is 14.1 Å². The summed E-state index contributed by atoms with van der Waals surface area (Å²) in [5.41, 5.74) is 0. The summed E-state index contributed by atoms with van der Waals surface area (Å²) in [5.74, 6) is 0.323. The van der Waals surface area contributed by atoms with Gasteiger partial charge in [-0.1, -0.05) is 5.16 Å². The molecule has 1 aliphatic heterocycles. The van der Waals surface area contributed by atoms with Crippen molar-refractivity contribution in [2.45, 2.75) is 12.6 Å². The van der Waals surface area contributed by atoms with Crippen molar-refractivity contribution in [3.63, 3.8) is 0 Å². The fraction of sp³-hybridized carbons (Fsp3) is 0.444. The van der Waals surface area contributed by atoms with Crippen molar-refractivity contribution in [1.82, 2.24) is 21.1 Å². The van der Waals surface area contributed by atoms with Gasteiger partial charge in [0, 0.05) is 12.6 Å². The van der Waals surface area contributed by atoms with Crippen LogP contribution in [0.1, 0.15) is 5.76 Å². The number of piperazine rings is 1. The van der Waals surface area contributed by atoms with Crippen molar-refractivity contribution in [3.05, 3.63) is 18.0 Å². The van der Waals surface area contributed by atoms with Crippen molar-refractivity contribution in [2.24, 2.45) is 0 Å². The molecule has 2 heterocycles. The number of hydrogen-bond acceptors (Lipinski definition) is 5. The molecule has 0 aromatic carbocycles. The lowest BCUT2D eigenvalue weighted by Gasteiger charge is -2.22. The van der Waals surface area contributed by atoms with E-state index in [-0.39, 0.29) is 24.4 Å². The van der Waals surface area contributed by atoms with Gasteiger partial charge in [0.25, 0.3) is 0 Å². The summed E-state index contributed by atoms with van der Waals surface area (Å²) in [6.45, 7) is 0.770. The maximum atomic E-state index is 11.6. The number of carbonyl (C=O) groups is 2. The minimum atomic E-state index is -0.388. The molecule has 0 spiro atoms. The van der Waals surface area contributed by atoms with Crippen molar-refractivity contribution in [3.8, 4) is 0 Å². The van der Waals surface area contributed by atoms with Gasteiger partial charge in [-0.3, -0.25) is 14.9 Å². The van der Waals surface area contributed by atoms with Crippen LogP contribution in [0.4, 0.5) is 0 Å². The van der Waals surface area contributed by atoms with E-state index in [0.29, 0.717) is 18.8 Å². The first kappa shape index (κ1) is 10.6. The normalized spacial score (nSPS) is 20.2. The molecule has 7 nitrogen and oxygen atoms in total. The fourth-order valence-corrected chi connectivity index (χ4v) is 1.38. The molecule has 1 atom stereocenters. The highest BCUT2D eigenvalue weighted by Crippen LogP contribution is 1.96. The molecule has 1 aliphatic rings. The van der Waals surface area contributed by atoms with Crippen molar-refractivity contribution in [1.29, 1.82) is 0 Å². The van der Waals surface area contributed by atoms with Gasteiger partial charge in [-0.15, -0.1) is 0 Å². The van der Waals surface area contributed by atoms with Gasteiger partial charge >= 0.3 is 0 Å². The monoisotopic (exact) mass is 224 g/mol. The maximum Gasteiger partial charge on any atom is 0.239 e. The lowest BCUT2D eigenvalue weighted by molar-refractivity contribution is -0.126. The lowest BCUT2D eigenvalue weighted by atomic mass is 10.2. The first-order valence-electron chi connectivity index (χ1n) is 4.93. The predicted octanol–water partition coefficient (Wildman–Crippen LogP) is -1.62. The molecule has 0 saturated carbocycles. The molecule has 7 heteroatoms. The summed E-state index contributed by atoms with van der Waals surface area (Å²) in [6.07, 6.45) is 1.51.